The third-order valence-corrected chi connectivity index (χ3v) is 6.13. The van der Waals surface area contributed by atoms with Crippen LogP contribution in [0.5, 0.6) is 0 Å². The molecule has 0 amide bonds. The molecule has 3 heterocycles. The number of fused-ring (bicyclic) bond motifs is 2. The molecule has 0 aliphatic heterocycles. The first-order chi connectivity index (χ1) is 13.7. The second-order valence-corrected chi connectivity index (χ2v) is 8.15. The second kappa shape index (κ2) is 7.04. The summed E-state index contributed by atoms with van der Waals surface area (Å²) in [5.41, 5.74) is 4.36. The van der Waals surface area contributed by atoms with Gasteiger partial charge in [0.25, 0.3) is 5.56 Å². The lowest BCUT2D eigenvalue weighted by molar-refractivity contribution is 0.300. The van der Waals surface area contributed by atoms with E-state index in [0.29, 0.717) is 6.04 Å². The molecule has 0 saturated heterocycles. The van der Waals surface area contributed by atoms with Gasteiger partial charge in [0, 0.05) is 24.5 Å². The van der Waals surface area contributed by atoms with Gasteiger partial charge in [0.1, 0.15) is 5.52 Å². The number of hydrogen-bond acceptors (Lipinski definition) is 5. The van der Waals surface area contributed by atoms with Crippen molar-refractivity contribution in [3.05, 3.63) is 51.8 Å². The Hall–Kier alpha value is -2.70. The van der Waals surface area contributed by atoms with Crippen LogP contribution in [0, 0.1) is 6.92 Å². The van der Waals surface area contributed by atoms with Gasteiger partial charge in [0.2, 0.25) is 0 Å². The van der Waals surface area contributed by atoms with Gasteiger partial charge in [-0.1, -0.05) is 0 Å². The molecule has 7 nitrogen and oxygen atoms in total. The molecule has 146 valence electrons. The van der Waals surface area contributed by atoms with Crippen LogP contribution in [0.3, 0.4) is 0 Å². The minimum absolute atomic E-state index is 0.0678. The van der Waals surface area contributed by atoms with Crippen molar-refractivity contribution in [3.8, 4) is 0 Å². The van der Waals surface area contributed by atoms with Gasteiger partial charge in [-0.15, -0.1) is 0 Å². The zero-order valence-corrected chi connectivity index (χ0v) is 16.3. The van der Waals surface area contributed by atoms with Crippen LogP contribution in [0.2, 0.25) is 0 Å². The molecule has 1 fully saturated rings. The fourth-order valence-electron chi connectivity index (χ4n) is 4.65. The van der Waals surface area contributed by atoms with E-state index in [1.165, 1.54) is 12.8 Å². The molecule has 2 aliphatic carbocycles. The summed E-state index contributed by atoms with van der Waals surface area (Å²) in [6, 6.07) is 4.45. The van der Waals surface area contributed by atoms with Crippen molar-refractivity contribution in [2.24, 2.45) is 0 Å². The van der Waals surface area contributed by atoms with Gasteiger partial charge in [0.05, 0.1) is 17.4 Å². The highest BCUT2D eigenvalue weighted by atomic mass is 16.1. The summed E-state index contributed by atoms with van der Waals surface area (Å²) in [6.07, 6.45) is 12.0. The first-order valence-corrected chi connectivity index (χ1v) is 10.4. The van der Waals surface area contributed by atoms with Crippen molar-refractivity contribution in [2.45, 2.75) is 70.4 Å². The molecule has 0 bridgehead atoms. The van der Waals surface area contributed by atoms with E-state index in [1.54, 1.807) is 10.9 Å². The lowest BCUT2D eigenvalue weighted by Gasteiger charge is -2.30. The van der Waals surface area contributed by atoms with E-state index in [4.69, 9.17) is 5.10 Å². The van der Waals surface area contributed by atoms with Crippen LogP contribution in [0.25, 0.3) is 5.52 Å². The molecule has 3 aromatic rings. The summed E-state index contributed by atoms with van der Waals surface area (Å²) < 4.78 is 3.63. The molecule has 3 aromatic heterocycles. The number of hydrogen-bond donors (Lipinski definition) is 1. The van der Waals surface area contributed by atoms with Crippen molar-refractivity contribution in [1.82, 2.24) is 24.4 Å². The molecule has 0 aromatic carbocycles. The van der Waals surface area contributed by atoms with E-state index >= 15 is 0 Å². The third-order valence-electron chi connectivity index (χ3n) is 6.13. The lowest BCUT2D eigenvalue weighted by Crippen LogP contribution is -2.34. The van der Waals surface area contributed by atoms with E-state index in [0.717, 1.165) is 66.8 Å². The Morgan fingerprint density at radius 3 is 2.75 bits per heavy atom. The fraction of sp³-hybridized carbons (Fsp3) is 0.524. The topological polar surface area (TPSA) is 77.1 Å². The van der Waals surface area contributed by atoms with Gasteiger partial charge in [-0.3, -0.25) is 4.79 Å². The fourth-order valence-corrected chi connectivity index (χ4v) is 4.65. The molecule has 28 heavy (non-hydrogen) atoms. The number of rotatable bonds is 3. The summed E-state index contributed by atoms with van der Waals surface area (Å²) in [4.78, 5) is 17.1. The van der Waals surface area contributed by atoms with E-state index in [1.807, 2.05) is 23.7 Å². The van der Waals surface area contributed by atoms with Crippen molar-refractivity contribution in [3.63, 3.8) is 0 Å². The van der Waals surface area contributed by atoms with Crippen LogP contribution in [0.1, 0.15) is 61.5 Å². The van der Waals surface area contributed by atoms with Gasteiger partial charge in [-0.2, -0.15) is 10.2 Å². The van der Waals surface area contributed by atoms with Crippen LogP contribution in [-0.2, 0) is 12.8 Å². The van der Waals surface area contributed by atoms with E-state index in [2.05, 4.69) is 21.5 Å². The van der Waals surface area contributed by atoms with Crippen molar-refractivity contribution in [2.75, 3.05) is 5.32 Å². The van der Waals surface area contributed by atoms with Crippen LogP contribution < -0.4 is 10.9 Å². The second-order valence-electron chi connectivity index (χ2n) is 8.15. The van der Waals surface area contributed by atoms with E-state index < -0.39 is 0 Å². The predicted octanol–water partition coefficient (Wildman–Crippen LogP) is 3.07. The van der Waals surface area contributed by atoms with Crippen molar-refractivity contribution < 1.29 is 0 Å². The summed E-state index contributed by atoms with van der Waals surface area (Å²) in [5.74, 6) is 0.885. The maximum absolute atomic E-state index is 12.6. The molecule has 2 aliphatic rings. The van der Waals surface area contributed by atoms with Crippen LogP contribution in [0.15, 0.2) is 29.3 Å². The molecule has 0 unspecified atom stereocenters. The molecule has 0 atom stereocenters. The van der Waals surface area contributed by atoms with Gasteiger partial charge in [-0.25, -0.2) is 14.2 Å². The quantitative estimate of drug-likeness (QED) is 0.758. The maximum Gasteiger partial charge on any atom is 0.267 e. The van der Waals surface area contributed by atoms with Crippen molar-refractivity contribution >= 4 is 11.3 Å². The molecule has 0 radical (unpaired) electrons. The minimum Gasteiger partial charge on any atom is -0.366 e. The molecule has 5 rings (SSSR count). The molecule has 1 N–H and O–H groups in total. The first kappa shape index (κ1) is 17.4. The SMILES string of the molecule is Cc1cc2c(NC3CCC(n4nc5c(cc4=O)CCCC5)CC3)nccn2n1. The standard InChI is InChI=1S/C21H26N6O/c1-14-12-19-21(22-10-11-26(19)24-14)23-16-6-8-17(9-7-16)27-20(28)13-15-4-2-3-5-18(15)25-27/h10-13,16-17H,2-9H2,1H3,(H,22,23). The number of anilines is 1. The minimum atomic E-state index is 0.0678. The Bertz CT molecular complexity index is 1060. The Kier molecular flexibility index (Phi) is 4.37. The molecular weight excluding hydrogens is 352 g/mol. The van der Waals surface area contributed by atoms with E-state index in [-0.39, 0.29) is 11.6 Å². The van der Waals surface area contributed by atoms with Gasteiger partial charge < -0.3 is 5.32 Å². The van der Waals surface area contributed by atoms with Gasteiger partial charge >= 0.3 is 0 Å². The van der Waals surface area contributed by atoms with Crippen LogP contribution >= 0.6 is 0 Å². The van der Waals surface area contributed by atoms with Crippen LogP contribution in [-0.4, -0.2) is 30.4 Å². The molecule has 1 saturated carbocycles. The zero-order chi connectivity index (χ0) is 19.1. The Balaban J connectivity index is 1.29. The number of nitrogens with zero attached hydrogens (tertiary/aromatic N) is 5. The monoisotopic (exact) mass is 378 g/mol. The smallest absolute Gasteiger partial charge is 0.267 e. The van der Waals surface area contributed by atoms with E-state index in [9.17, 15) is 4.79 Å². The highest BCUT2D eigenvalue weighted by molar-refractivity contribution is 5.68. The molecule has 7 heteroatoms. The average Bonchev–Trinajstić information content (AvgIpc) is 3.09. The molecular formula is C21H26N6O. The molecule has 0 spiro atoms. The third kappa shape index (κ3) is 3.19. The highest BCUT2D eigenvalue weighted by Gasteiger charge is 2.25. The zero-order valence-electron chi connectivity index (χ0n) is 16.3. The number of nitrogens with one attached hydrogen (secondary N) is 1. The van der Waals surface area contributed by atoms with Crippen molar-refractivity contribution in [1.29, 1.82) is 0 Å². The predicted molar refractivity (Wildman–Crippen MR) is 108 cm³/mol. The first-order valence-electron chi connectivity index (χ1n) is 10.4. The Morgan fingerprint density at radius 2 is 1.89 bits per heavy atom. The number of aryl methyl sites for hydroxylation is 3. The lowest BCUT2D eigenvalue weighted by atomic mass is 9.91. The highest BCUT2D eigenvalue weighted by Crippen LogP contribution is 2.30. The van der Waals surface area contributed by atoms with Crippen LogP contribution in [0.4, 0.5) is 5.82 Å². The maximum atomic E-state index is 12.6. The Labute approximate surface area is 163 Å². The summed E-state index contributed by atoms with van der Waals surface area (Å²) in [7, 11) is 0. The Morgan fingerprint density at radius 1 is 1.07 bits per heavy atom. The van der Waals surface area contributed by atoms with Gasteiger partial charge in [-0.05, 0) is 69.9 Å². The summed E-state index contributed by atoms with van der Waals surface area (Å²) in [5, 5.41) is 12.8. The summed E-state index contributed by atoms with van der Waals surface area (Å²) >= 11 is 0. The van der Waals surface area contributed by atoms with Gasteiger partial charge in [0.15, 0.2) is 5.82 Å². The summed E-state index contributed by atoms with van der Waals surface area (Å²) in [6.45, 7) is 1.99. The number of aromatic nitrogens is 5. The average molecular weight is 378 g/mol. The largest absolute Gasteiger partial charge is 0.366 e. The normalized spacial score (nSPS) is 22.2.